The number of carbonyl (C=O) groups excluding carboxylic acids is 2. The van der Waals surface area contributed by atoms with Gasteiger partial charge in [0.25, 0.3) is 0 Å². The number of hydrogen-bond acceptors (Lipinski definition) is 5. The Morgan fingerprint density at radius 2 is 1.57 bits per heavy atom. The van der Waals surface area contributed by atoms with Crippen LogP contribution in [0.1, 0.15) is 66.9 Å². The van der Waals surface area contributed by atoms with E-state index in [1.54, 1.807) is 0 Å². The van der Waals surface area contributed by atoms with Crippen LogP contribution < -0.4 is 5.32 Å². The lowest BCUT2D eigenvalue weighted by Gasteiger charge is -2.33. The molecule has 0 unspecified atom stereocenters. The molecule has 1 N–H and O–H groups in total. The molecule has 0 aliphatic rings. The maximum absolute atomic E-state index is 12.0. The highest BCUT2D eigenvalue weighted by atomic mass is 16.6. The molecule has 0 saturated heterocycles. The van der Waals surface area contributed by atoms with Gasteiger partial charge in [-0.2, -0.15) is 0 Å². The highest BCUT2D eigenvalue weighted by Gasteiger charge is 2.28. The molecule has 1 amide bonds. The molecule has 0 heterocycles. The predicted molar refractivity (Wildman–Crippen MR) is 109 cm³/mol. The lowest BCUT2D eigenvalue weighted by molar-refractivity contribution is -0.147. The topological polar surface area (TPSA) is 73.9 Å². The molecule has 0 spiro atoms. The largest absolute Gasteiger partial charge is 0.461 e. The number of ether oxygens (including phenoxy) is 3. The van der Waals surface area contributed by atoms with Gasteiger partial charge in [-0.1, -0.05) is 30.3 Å². The zero-order chi connectivity index (χ0) is 21.4. The van der Waals surface area contributed by atoms with Crippen LogP contribution in [0.15, 0.2) is 30.3 Å². The molecule has 0 fully saturated rings. The smallest absolute Gasteiger partial charge is 0.408 e. The maximum Gasteiger partial charge on any atom is 0.408 e. The van der Waals surface area contributed by atoms with Crippen LogP contribution in [-0.2, 0) is 25.6 Å². The minimum atomic E-state index is -0.604. The van der Waals surface area contributed by atoms with E-state index >= 15 is 0 Å². The molecule has 1 aromatic rings. The van der Waals surface area contributed by atoms with Gasteiger partial charge in [0.05, 0.1) is 17.7 Å². The van der Waals surface area contributed by atoms with Gasteiger partial charge in [-0.25, -0.2) is 4.79 Å². The highest BCUT2D eigenvalue weighted by Crippen LogP contribution is 2.20. The number of rotatable bonds is 9. The van der Waals surface area contributed by atoms with Gasteiger partial charge >= 0.3 is 12.1 Å². The monoisotopic (exact) mass is 393 g/mol. The number of carbonyl (C=O) groups is 2. The third kappa shape index (κ3) is 10.9. The van der Waals surface area contributed by atoms with E-state index in [2.05, 4.69) is 5.32 Å². The van der Waals surface area contributed by atoms with Crippen LogP contribution in [0.3, 0.4) is 0 Å². The van der Waals surface area contributed by atoms with Crippen LogP contribution in [0.25, 0.3) is 0 Å². The van der Waals surface area contributed by atoms with Crippen LogP contribution in [0.4, 0.5) is 4.79 Å². The van der Waals surface area contributed by atoms with Crippen molar-refractivity contribution < 1.29 is 23.8 Å². The molecule has 0 aliphatic heterocycles. The zero-order valence-corrected chi connectivity index (χ0v) is 18.3. The molecule has 0 atom stereocenters. The van der Waals surface area contributed by atoms with Gasteiger partial charge in [-0.15, -0.1) is 0 Å². The van der Waals surface area contributed by atoms with Gasteiger partial charge in [-0.05, 0) is 60.5 Å². The van der Waals surface area contributed by atoms with E-state index in [-0.39, 0.29) is 25.6 Å². The molecule has 6 nitrogen and oxygen atoms in total. The van der Waals surface area contributed by atoms with Crippen molar-refractivity contribution in [1.29, 1.82) is 0 Å². The van der Waals surface area contributed by atoms with E-state index in [0.29, 0.717) is 6.42 Å². The SMILES string of the molecule is CC(C)(COC(C)(C)CCC(=O)OCc1ccccc1)NC(=O)OC(C)(C)C. The van der Waals surface area contributed by atoms with Crippen molar-refractivity contribution in [1.82, 2.24) is 5.32 Å². The lowest BCUT2D eigenvalue weighted by Crippen LogP contribution is -2.50. The summed E-state index contributed by atoms with van der Waals surface area (Å²) in [5.41, 5.74) is -0.728. The fourth-order valence-electron chi connectivity index (χ4n) is 2.28. The van der Waals surface area contributed by atoms with E-state index in [1.807, 2.05) is 78.8 Å². The molecule has 0 bridgehead atoms. The number of amides is 1. The van der Waals surface area contributed by atoms with Gasteiger partial charge < -0.3 is 19.5 Å². The molecular formula is C22H35NO5. The summed E-state index contributed by atoms with van der Waals surface area (Å²) in [7, 11) is 0. The van der Waals surface area contributed by atoms with Crippen LogP contribution in [0.2, 0.25) is 0 Å². The minimum absolute atomic E-state index is 0.258. The Hall–Kier alpha value is -2.08. The Bertz CT molecular complexity index is 632. The first-order chi connectivity index (χ1) is 12.8. The third-order valence-corrected chi connectivity index (χ3v) is 3.84. The van der Waals surface area contributed by atoms with Crippen molar-refractivity contribution in [3.63, 3.8) is 0 Å². The summed E-state index contributed by atoms with van der Waals surface area (Å²) in [5, 5.41) is 2.81. The van der Waals surface area contributed by atoms with Crippen LogP contribution in [0.5, 0.6) is 0 Å². The van der Waals surface area contributed by atoms with E-state index in [0.717, 1.165) is 5.56 Å². The van der Waals surface area contributed by atoms with Gasteiger partial charge in [-0.3, -0.25) is 4.79 Å². The van der Waals surface area contributed by atoms with Crippen molar-refractivity contribution in [2.24, 2.45) is 0 Å². The second-order valence-electron chi connectivity index (χ2n) is 9.21. The molecule has 1 aromatic carbocycles. The minimum Gasteiger partial charge on any atom is -0.461 e. The van der Waals surface area contributed by atoms with Crippen molar-refractivity contribution in [2.45, 2.75) is 84.7 Å². The van der Waals surface area contributed by atoms with Crippen molar-refractivity contribution in [3.05, 3.63) is 35.9 Å². The third-order valence-electron chi connectivity index (χ3n) is 3.84. The lowest BCUT2D eigenvalue weighted by atomic mass is 10.0. The van der Waals surface area contributed by atoms with Gasteiger partial charge in [0.2, 0.25) is 0 Å². The molecule has 0 aliphatic carbocycles. The summed E-state index contributed by atoms with van der Waals surface area (Å²) < 4.78 is 16.5. The molecule has 6 heteroatoms. The van der Waals surface area contributed by atoms with Gasteiger partial charge in [0.15, 0.2) is 0 Å². The summed E-state index contributed by atoms with van der Waals surface area (Å²) >= 11 is 0. The molecule has 0 radical (unpaired) electrons. The fraction of sp³-hybridized carbons (Fsp3) is 0.636. The normalized spacial score (nSPS) is 12.4. The second-order valence-corrected chi connectivity index (χ2v) is 9.21. The molecule has 28 heavy (non-hydrogen) atoms. The number of hydrogen-bond donors (Lipinski definition) is 1. The van der Waals surface area contributed by atoms with E-state index in [1.165, 1.54) is 0 Å². The maximum atomic E-state index is 12.0. The molecule has 0 aromatic heterocycles. The van der Waals surface area contributed by atoms with Crippen molar-refractivity contribution in [2.75, 3.05) is 6.61 Å². The molecule has 0 saturated carbocycles. The first-order valence-corrected chi connectivity index (χ1v) is 9.63. The average molecular weight is 394 g/mol. The Balaban J connectivity index is 2.37. The predicted octanol–water partition coefficient (Wildman–Crippen LogP) is 4.61. The Morgan fingerprint density at radius 3 is 2.14 bits per heavy atom. The number of esters is 1. The zero-order valence-electron chi connectivity index (χ0n) is 18.3. The van der Waals surface area contributed by atoms with Crippen LogP contribution in [0, 0.1) is 0 Å². The standard InChI is InChI=1S/C22H35NO5/c1-20(2,3)28-19(25)23-21(4,5)16-27-22(6,7)14-13-18(24)26-15-17-11-9-8-10-12-17/h8-12H,13-16H2,1-7H3,(H,23,25). The highest BCUT2D eigenvalue weighted by molar-refractivity contribution is 5.69. The van der Waals surface area contributed by atoms with Gasteiger partial charge in [0.1, 0.15) is 12.2 Å². The average Bonchev–Trinajstić information content (AvgIpc) is 2.55. The van der Waals surface area contributed by atoms with Crippen molar-refractivity contribution in [3.8, 4) is 0 Å². The molecule has 1 rings (SSSR count). The van der Waals surface area contributed by atoms with E-state index in [9.17, 15) is 9.59 Å². The van der Waals surface area contributed by atoms with Crippen molar-refractivity contribution >= 4 is 12.1 Å². The summed E-state index contributed by atoms with van der Waals surface area (Å²) in [6.45, 7) is 13.6. The second kappa shape index (κ2) is 9.92. The molecular weight excluding hydrogens is 358 g/mol. The molecule has 158 valence electrons. The van der Waals surface area contributed by atoms with E-state index < -0.39 is 22.8 Å². The van der Waals surface area contributed by atoms with Crippen LogP contribution in [-0.4, -0.2) is 35.4 Å². The summed E-state index contributed by atoms with van der Waals surface area (Å²) in [5.74, 6) is -0.258. The Morgan fingerprint density at radius 1 is 0.964 bits per heavy atom. The number of nitrogens with one attached hydrogen (secondary N) is 1. The summed E-state index contributed by atoms with van der Waals surface area (Å²) in [6.07, 6.45) is 0.298. The number of benzene rings is 1. The Labute approximate surface area is 168 Å². The quantitative estimate of drug-likeness (QED) is 0.620. The first-order valence-electron chi connectivity index (χ1n) is 9.63. The summed E-state index contributed by atoms with van der Waals surface area (Å²) in [4.78, 5) is 23.9. The Kier molecular flexibility index (Phi) is 8.48. The summed E-state index contributed by atoms with van der Waals surface area (Å²) in [6, 6.07) is 9.57. The first kappa shape index (κ1) is 24.0. The van der Waals surface area contributed by atoms with Crippen LogP contribution >= 0.6 is 0 Å². The van der Waals surface area contributed by atoms with E-state index in [4.69, 9.17) is 14.2 Å². The van der Waals surface area contributed by atoms with Gasteiger partial charge in [0, 0.05) is 6.42 Å². The fourth-order valence-corrected chi connectivity index (χ4v) is 2.28. The number of alkyl carbamates (subject to hydrolysis) is 1.